The molecular formula is C16H26N2O2S. The van der Waals surface area contributed by atoms with Crippen molar-refractivity contribution in [2.75, 3.05) is 12.3 Å². The van der Waals surface area contributed by atoms with Crippen LogP contribution in [0.3, 0.4) is 0 Å². The van der Waals surface area contributed by atoms with Crippen molar-refractivity contribution in [2.24, 2.45) is 11.8 Å². The fraction of sp³-hybridized carbons (Fsp3) is 0.625. The molecule has 1 aliphatic rings. The average Bonchev–Trinajstić information content (AvgIpc) is 2.38. The molecule has 2 rings (SSSR count). The largest absolute Gasteiger partial charge is 0.399 e. The summed E-state index contributed by atoms with van der Waals surface area (Å²) in [5.41, 5.74) is 6.94. The van der Waals surface area contributed by atoms with E-state index in [0.29, 0.717) is 28.6 Å². The average molecular weight is 310 g/mol. The summed E-state index contributed by atoms with van der Waals surface area (Å²) < 4.78 is 27.4. The zero-order chi connectivity index (χ0) is 15.5. The van der Waals surface area contributed by atoms with Crippen LogP contribution in [0.2, 0.25) is 0 Å². The summed E-state index contributed by atoms with van der Waals surface area (Å²) in [6.07, 6.45) is 5.97. The molecule has 4 nitrogen and oxygen atoms in total. The van der Waals surface area contributed by atoms with E-state index in [2.05, 4.69) is 11.6 Å². The Hall–Kier alpha value is -1.07. The molecule has 1 aromatic rings. The molecule has 1 fully saturated rings. The third-order valence-electron chi connectivity index (χ3n) is 4.38. The lowest BCUT2D eigenvalue weighted by atomic mass is 9.81. The lowest BCUT2D eigenvalue weighted by Gasteiger charge is -2.26. The van der Waals surface area contributed by atoms with Gasteiger partial charge in [-0.2, -0.15) is 0 Å². The minimum atomic E-state index is -3.43. The van der Waals surface area contributed by atoms with E-state index in [0.717, 1.165) is 12.3 Å². The van der Waals surface area contributed by atoms with E-state index >= 15 is 0 Å². The van der Waals surface area contributed by atoms with Gasteiger partial charge < -0.3 is 5.73 Å². The SMILES string of the molecule is Cc1cc(N)ccc1S(=O)(=O)NCCC1CCCC(C)C1. The normalized spacial score (nSPS) is 23.1. The quantitative estimate of drug-likeness (QED) is 0.821. The molecule has 0 bridgehead atoms. The number of benzene rings is 1. The van der Waals surface area contributed by atoms with Crippen molar-refractivity contribution in [2.45, 2.75) is 50.8 Å². The van der Waals surface area contributed by atoms with Gasteiger partial charge >= 0.3 is 0 Å². The molecule has 0 amide bonds. The molecule has 118 valence electrons. The maximum atomic E-state index is 12.3. The summed E-state index contributed by atoms with van der Waals surface area (Å²) in [5.74, 6) is 1.43. The summed E-state index contributed by atoms with van der Waals surface area (Å²) >= 11 is 0. The first-order chi connectivity index (χ1) is 9.88. The molecule has 0 radical (unpaired) electrons. The Morgan fingerprint density at radius 3 is 2.76 bits per heavy atom. The molecule has 0 aliphatic heterocycles. The summed E-state index contributed by atoms with van der Waals surface area (Å²) in [6, 6.07) is 4.90. The van der Waals surface area contributed by atoms with Gasteiger partial charge in [-0.25, -0.2) is 13.1 Å². The molecule has 21 heavy (non-hydrogen) atoms. The van der Waals surface area contributed by atoms with Crippen LogP contribution in [0, 0.1) is 18.8 Å². The van der Waals surface area contributed by atoms with Crippen LogP contribution in [-0.2, 0) is 10.0 Å². The summed E-state index contributed by atoms with van der Waals surface area (Å²) in [4.78, 5) is 0.328. The van der Waals surface area contributed by atoms with Crippen LogP contribution in [0.15, 0.2) is 23.1 Å². The van der Waals surface area contributed by atoms with E-state index in [1.54, 1.807) is 25.1 Å². The lowest BCUT2D eigenvalue weighted by molar-refractivity contribution is 0.271. The maximum Gasteiger partial charge on any atom is 0.240 e. The van der Waals surface area contributed by atoms with E-state index in [-0.39, 0.29) is 0 Å². The molecule has 2 atom stereocenters. The highest BCUT2D eigenvalue weighted by molar-refractivity contribution is 7.89. The van der Waals surface area contributed by atoms with Crippen LogP contribution in [0.25, 0.3) is 0 Å². The fourth-order valence-electron chi connectivity index (χ4n) is 3.27. The number of nitrogens with one attached hydrogen (secondary N) is 1. The van der Waals surface area contributed by atoms with Gasteiger partial charge in [-0.05, 0) is 55.4 Å². The number of hydrogen-bond donors (Lipinski definition) is 2. The minimum absolute atomic E-state index is 0.328. The summed E-state index contributed by atoms with van der Waals surface area (Å²) in [6.45, 7) is 4.57. The Morgan fingerprint density at radius 1 is 1.33 bits per heavy atom. The molecule has 3 N–H and O–H groups in total. The first-order valence-corrected chi connectivity index (χ1v) is 9.22. The summed E-state index contributed by atoms with van der Waals surface area (Å²) in [5, 5.41) is 0. The zero-order valence-electron chi connectivity index (χ0n) is 12.9. The maximum absolute atomic E-state index is 12.3. The van der Waals surface area contributed by atoms with Crippen molar-refractivity contribution in [3.63, 3.8) is 0 Å². The lowest BCUT2D eigenvalue weighted by Crippen LogP contribution is -2.27. The van der Waals surface area contributed by atoms with Crippen LogP contribution >= 0.6 is 0 Å². The highest BCUT2D eigenvalue weighted by atomic mass is 32.2. The molecule has 0 aromatic heterocycles. The number of nitrogen functional groups attached to an aromatic ring is 1. The molecule has 0 saturated heterocycles. The van der Waals surface area contributed by atoms with E-state index < -0.39 is 10.0 Å². The smallest absolute Gasteiger partial charge is 0.240 e. The second-order valence-corrected chi connectivity index (χ2v) is 8.08. The van der Waals surface area contributed by atoms with Gasteiger partial charge in [0.25, 0.3) is 0 Å². The minimum Gasteiger partial charge on any atom is -0.399 e. The van der Waals surface area contributed by atoms with E-state index in [1.165, 1.54) is 25.7 Å². The number of sulfonamides is 1. The van der Waals surface area contributed by atoms with Crippen molar-refractivity contribution < 1.29 is 8.42 Å². The molecule has 1 saturated carbocycles. The van der Waals surface area contributed by atoms with Crippen molar-refractivity contribution in [3.8, 4) is 0 Å². The van der Waals surface area contributed by atoms with Crippen molar-refractivity contribution in [1.29, 1.82) is 0 Å². The van der Waals surface area contributed by atoms with Crippen molar-refractivity contribution in [1.82, 2.24) is 4.72 Å². The van der Waals surface area contributed by atoms with Crippen LogP contribution in [-0.4, -0.2) is 15.0 Å². The van der Waals surface area contributed by atoms with Gasteiger partial charge in [0.2, 0.25) is 10.0 Å². The Kier molecular flexibility index (Phi) is 5.27. The highest BCUT2D eigenvalue weighted by Gasteiger charge is 2.20. The molecular weight excluding hydrogens is 284 g/mol. The van der Waals surface area contributed by atoms with Crippen molar-refractivity contribution >= 4 is 15.7 Å². The van der Waals surface area contributed by atoms with Crippen molar-refractivity contribution in [3.05, 3.63) is 23.8 Å². The standard InChI is InChI=1S/C16H26N2O2S/c1-12-4-3-5-14(10-12)8-9-18-21(19,20)16-7-6-15(17)11-13(16)2/h6-7,11-12,14,18H,3-5,8-10,17H2,1-2H3. The Labute approximate surface area is 128 Å². The fourth-order valence-corrected chi connectivity index (χ4v) is 4.54. The number of hydrogen-bond acceptors (Lipinski definition) is 3. The van der Waals surface area contributed by atoms with E-state index in [4.69, 9.17) is 5.73 Å². The van der Waals surface area contributed by atoms with Gasteiger partial charge in [0.05, 0.1) is 4.90 Å². The predicted molar refractivity (Wildman–Crippen MR) is 86.5 cm³/mol. The van der Waals surface area contributed by atoms with Crippen LogP contribution in [0.1, 0.15) is 44.6 Å². The highest BCUT2D eigenvalue weighted by Crippen LogP contribution is 2.30. The first-order valence-electron chi connectivity index (χ1n) is 7.74. The molecule has 1 aromatic carbocycles. The molecule has 0 heterocycles. The number of rotatable bonds is 5. The number of aryl methyl sites for hydroxylation is 1. The third-order valence-corrected chi connectivity index (χ3v) is 6.00. The zero-order valence-corrected chi connectivity index (χ0v) is 13.7. The van der Waals surface area contributed by atoms with Crippen LogP contribution in [0.5, 0.6) is 0 Å². The number of anilines is 1. The molecule has 2 unspecified atom stereocenters. The van der Waals surface area contributed by atoms with Gasteiger partial charge in [0.15, 0.2) is 0 Å². The molecule has 0 spiro atoms. The third kappa shape index (κ3) is 4.45. The van der Waals surface area contributed by atoms with Gasteiger partial charge in [0, 0.05) is 12.2 Å². The van der Waals surface area contributed by atoms with Gasteiger partial charge in [-0.1, -0.05) is 26.2 Å². The molecule has 5 heteroatoms. The van der Waals surface area contributed by atoms with Gasteiger partial charge in [0.1, 0.15) is 0 Å². The predicted octanol–water partition coefficient (Wildman–Crippen LogP) is 3.07. The topological polar surface area (TPSA) is 72.2 Å². The summed E-state index contributed by atoms with van der Waals surface area (Å²) in [7, 11) is -3.43. The van der Waals surface area contributed by atoms with Crippen LogP contribution < -0.4 is 10.5 Å². The second-order valence-electron chi connectivity index (χ2n) is 6.35. The van der Waals surface area contributed by atoms with Gasteiger partial charge in [-0.15, -0.1) is 0 Å². The van der Waals surface area contributed by atoms with E-state index in [9.17, 15) is 8.42 Å². The van der Waals surface area contributed by atoms with E-state index in [1.807, 2.05) is 0 Å². The second kappa shape index (κ2) is 6.79. The first kappa shape index (κ1) is 16.3. The Balaban J connectivity index is 1.92. The Morgan fingerprint density at radius 2 is 2.10 bits per heavy atom. The number of nitrogens with two attached hydrogens (primary N) is 1. The Bertz CT molecular complexity index is 584. The van der Waals surface area contributed by atoms with Crippen LogP contribution in [0.4, 0.5) is 5.69 Å². The monoisotopic (exact) mass is 310 g/mol. The molecule has 1 aliphatic carbocycles. The van der Waals surface area contributed by atoms with Gasteiger partial charge in [-0.3, -0.25) is 0 Å².